The molecule has 1 N–H and O–H groups in total. The predicted octanol–water partition coefficient (Wildman–Crippen LogP) is 4.71. The number of sulfonamides is 1. The fraction of sp³-hybridized carbons (Fsp3) is 0.0714. The molecule has 22 heavy (non-hydrogen) atoms. The van der Waals surface area contributed by atoms with Crippen molar-refractivity contribution in [3.63, 3.8) is 0 Å². The highest BCUT2D eigenvalue weighted by Crippen LogP contribution is 2.29. The standard InChI is InChI=1S/C14H10Cl2N2O2S2/c1-8-10(15)3-2-4-13(8)22(19,20)18-9-5-6-12-11(7-9)17-14(16)21-12/h2-7,18H,1H3. The normalized spacial score (nSPS) is 11.8. The number of nitrogens with zero attached hydrogens (tertiary/aromatic N) is 1. The molecule has 1 aromatic heterocycles. The minimum Gasteiger partial charge on any atom is -0.280 e. The minimum absolute atomic E-state index is 0.149. The Balaban J connectivity index is 2.00. The van der Waals surface area contributed by atoms with Gasteiger partial charge in [-0.05, 0) is 42.8 Å². The third-order valence-electron chi connectivity index (χ3n) is 3.12. The Kier molecular flexibility index (Phi) is 4.03. The van der Waals surface area contributed by atoms with Crippen molar-refractivity contribution in [2.24, 2.45) is 0 Å². The van der Waals surface area contributed by atoms with Crippen molar-refractivity contribution in [2.45, 2.75) is 11.8 Å². The van der Waals surface area contributed by atoms with Gasteiger partial charge in [0, 0.05) is 5.02 Å². The largest absolute Gasteiger partial charge is 0.280 e. The molecule has 4 nitrogen and oxygen atoms in total. The highest BCUT2D eigenvalue weighted by Gasteiger charge is 2.18. The van der Waals surface area contributed by atoms with Gasteiger partial charge in [0.15, 0.2) is 4.47 Å². The number of rotatable bonds is 3. The summed E-state index contributed by atoms with van der Waals surface area (Å²) in [5, 5.41) is 0.407. The van der Waals surface area contributed by atoms with Gasteiger partial charge in [-0.3, -0.25) is 4.72 Å². The number of hydrogen-bond donors (Lipinski definition) is 1. The number of nitrogens with one attached hydrogen (secondary N) is 1. The Bertz CT molecular complexity index is 968. The number of anilines is 1. The van der Waals surface area contributed by atoms with Crippen molar-refractivity contribution in [3.8, 4) is 0 Å². The average molecular weight is 373 g/mol. The molecular weight excluding hydrogens is 363 g/mol. The van der Waals surface area contributed by atoms with Crippen LogP contribution in [0.15, 0.2) is 41.3 Å². The molecule has 0 saturated heterocycles. The van der Waals surface area contributed by atoms with Gasteiger partial charge in [0.25, 0.3) is 10.0 Å². The molecule has 0 aliphatic carbocycles. The van der Waals surface area contributed by atoms with Gasteiger partial charge in [-0.15, -0.1) is 11.3 Å². The second-order valence-electron chi connectivity index (χ2n) is 4.62. The highest BCUT2D eigenvalue weighted by atomic mass is 35.5. The summed E-state index contributed by atoms with van der Waals surface area (Å²) in [7, 11) is -3.72. The van der Waals surface area contributed by atoms with Crippen LogP contribution in [0.3, 0.4) is 0 Å². The minimum atomic E-state index is -3.72. The monoisotopic (exact) mass is 372 g/mol. The smallest absolute Gasteiger partial charge is 0.262 e. The lowest BCUT2D eigenvalue weighted by atomic mass is 10.2. The maximum Gasteiger partial charge on any atom is 0.262 e. The molecule has 8 heteroatoms. The molecule has 0 bridgehead atoms. The SMILES string of the molecule is Cc1c(Cl)cccc1S(=O)(=O)Nc1ccc2sc(Cl)nc2c1. The number of thiazole rings is 1. The number of halogens is 2. The third-order valence-corrected chi connectivity index (χ3v) is 6.20. The predicted molar refractivity (Wildman–Crippen MR) is 91.6 cm³/mol. The van der Waals surface area contributed by atoms with Gasteiger partial charge in [-0.2, -0.15) is 0 Å². The first kappa shape index (κ1) is 15.6. The Hall–Kier alpha value is -1.34. The van der Waals surface area contributed by atoms with Crippen LogP contribution in [0.2, 0.25) is 9.49 Å². The summed E-state index contributed by atoms with van der Waals surface area (Å²) < 4.78 is 28.9. The van der Waals surface area contributed by atoms with Gasteiger partial charge < -0.3 is 0 Å². The first-order chi connectivity index (χ1) is 10.4. The van der Waals surface area contributed by atoms with E-state index in [0.29, 0.717) is 26.3 Å². The van der Waals surface area contributed by atoms with E-state index in [1.54, 1.807) is 37.3 Å². The van der Waals surface area contributed by atoms with Gasteiger partial charge in [0.05, 0.1) is 20.8 Å². The molecular formula is C14H10Cl2N2O2S2. The van der Waals surface area contributed by atoms with E-state index in [1.165, 1.54) is 17.4 Å². The maximum atomic E-state index is 12.5. The third kappa shape index (κ3) is 2.92. The van der Waals surface area contributed by atoms with Crippen molar-refractivity contribution >= 4 is 60.5 Å². The maximum absolute atomic E-state index is 12.5. The lowest BCUT2D eigenvalue weighted by molar-refractivity contribution is 0.600. The summed E-state index contributed by atoms with van der Waals surface area (Å²) in [5.41, 5.74) is 1.58. The summed E-state index contributed by atoms with van der Waals surface area (Å²) >= 11 is 13.2. The van der Waals surface area contributed by atoms with E-state index in [1.807, 2.05) is 0 Å². The second kappa shape index (κ2) is 5.70. The molecule has 0 saturated carbocycles. The van der Waals surface area contributed by atoms with Gasteiger partial charge in [0.1, 0.15) is 0 Å². The van der Waals surface area contributed by atoms with Crippen molar-refractivity contribution < 1.29 is 8.42 Å². The van der Waals surface area contributed by atoms with E-state index < -0.39 is 10.0 Å². The molecule has 0 aliphatic rings. The van der Waals surface area contributed by atoms with E-state index in [4.69, 9.17) is 23.2 Å². The number of benzene rings is 2. The van der Waals surface area contributed by atoms with Gasteiger partial charge in [-0.1, -0.05) is 29.3 Å². The average Bonchev–Trinajstić information content (AvgIpc) is 2.80. The van der Waals surface area contributed by atoms with E-state index >= 15 is 0 Å². The van der Waals surface area contributed by atoms with Crippen LogP contribution in [0.25, 0.3) is 10.2 Å². The Morgan fingerprint density at radius 1 is 1.18 bits per heavy atom. The molecule has 3 aromatic rings. The second-order valence-corrected chi connectivity index (χ2v) is 8.29. The molecule has 0 radical (unpaired) electrons. The first-order valence-electron chi connectivity index (χ1n) is 6.21. The molecule has 2 aromatic carbocycles. The fourth-order valence-corrected chi connectivity index (χ4v) is 4.61. The van der Waals surface area contributed by atoms with Gasteiger partial charge in [0.2, 0.25) is 0 Å². The molecule has 0 spiro atoms. The highest BCUT2D eigenvalue weighted by molar-refractivity contribution is 7.92. The Labute approximate surface area is 141 Å². The topological polar surface area (TPSA) is 59.1 Å². The van der Waals surface area contributed by atoms with Crippen molar-refractivity contribution in [3.05, 3.63) is 51.5 Å². The van der Waals surface area contributed by atoms with Crippen molar-refractivity contribution in [2.75, 3.05) is 4.72 Å². The van der Waals surface area contributed by atoms with Crippen LogP contribution >= 0.6 is 34.5 Å². The van der Waals surface area contributed by atoms with Crippen LogP contribution in [0, 0.1) is 6.92 Å². The number of hydrogen-bond acceptors (Lipinski definition) is 4. The molecule has 0 fully saturated rings. The van der Waals surface area contributed by atoms with Crippen LogP contribution in [-0.2, 0) is 10.0 Å². The van der Waals surface area contributed by atoms with Crippen LogP contribution < -0.4 is 4.72 Å². The zero-order valence-electron chi connectivity index (χ0n) is 11.3. The zero-order valence-corrected chi connectivity index (χ0v) is 14.4. The molecule has 3 rings (SSSR count). The van der Waals surface area contributed by atoms with Crippen LogP contribution in [-0.4, -0.2) is 13.4 Å². The van der Waals surface area contributed by atoms with Crippen LogP contribution in [0.4, 0.5) is 5.69 Å². The molecule has 1 heterocycles. The summed E-state index contributed by atoms with van der Waals surface area (Å²) in [6.07, 6.45) is 0. The first-order valence-corrected chi connectivity index (χ1v) is 9.26. The molecule has 0 atom stereocenters. The summed E-state index contributed by atoms with van der Waals surface area (Å²) in [6.45, 7) is 1.67. The molecule has 0 amide bonds. The summed E-state index contributed by atoms with van der Waals surface area (Å²) in [5.74, 6) is 0. The lowest BCUT2D eigenvalue weighted by Crippen LogP contribution is -2.14. The summed E-state index contributed by atoms with van der Waals surface area (Å²) in [4.78, 5) is 4.29. The van der Waals surface area contributed by atoms with Gasteiger partial charge in [-0.25, -0.2) is 13.4 Å². The summed E-state index contributed by atoms with van der Waals surface area (Å²) in [6, 6.07) is 9.87. The van der Waals surface area contributed by atoms with E-state index in [0.717, 1.165) is 4.70 Å². The molecule has 0 aliphatic heterocycles. The van der Waals surface area contributed by atoms with Gasteiger partial charge >= 0.3 is 0 Å². The molecule has 114 valence electrons. The quantitative estimate of drug-likeness (QED) is 0.723. The Morgan fingerprint density at radius 3 is 2.73 bits per heavy atom. The fourth-order valence-electron chi connectivity index (χ4n) is 2.05. The van der Waals surface area contributed by atoms with Crippen LogP contribution in [0.5, 0.6) is 0 Å². The van der Waals surface area contributed by atoms with E-state index in [9.17, 15) is 8.42 Å². The van der Waals surface area contributed by atoms with E-state index in [2.05, 4.69) is 9.71 Å². The Morgan fingerprint density at radius 2 is 1.95 bits per heavy atom. The van der Waals surface area contributed by atoms with Crippen molar-refractivity contribution in [1.29, 1.82) is 0 Å². The number of aromatic nitrogens is 1. The number of fused-ring (bicyclic) bond motifs is 1. The lowest BCUT2D eigenvalue weighted by Gasteiger charge is -2.11. The van der Waals surface area contributed by atoms with Crippen molar-refractivity contribution in [1.82, 2.24) is 4.98 Å². The van der Waals surface area contributed by atoms with Crippen LogP contribution in [0.1, 0.15) is 5.56 Å². The molecule has 0 unspecified atom stereocenters. The zero-order chi connectivity index (χ0) is 15.9. The van der Waals surface area contributed by atoms with E-state index in [-0.39, 0.29) is 4.90 Å².